The molecule has 1 aromatic carbocycles. The number of rotatable bonds is 4. The Morgan fingerprint density at radius 2 is 2.07 bits per heavy atom. The number of ether oxygens (including phenoxy) is 2. The predicted molar refractivity (Wildman–Crippen MR) is 93.9 cm³/mol. The minimum absolute atomic E-state index is 0.141. The van der Waals surface area contributed by atoms with Gasteiger partial charge in [-0.3, -0.25) is 9.88 Å². The molecule has 5 rings (SSSR count). The minimum atomic E-state index is -0.431. The number of likely N-dealkylation sites (tertiary alicyclic amines) is 1. The second-order valence-electron chi connectivity index (χ2n) is 6.68. The predicted octanol–water partition coefficient (Wildman–Crippen LogP) is 2.17. The van der Waals surface area contributed by atoms with Gasteiger partial charge in [0, 0.05) is 24.8 Å². The summed E-state index contributed by atoms with van der Waals surface area (Å²) in [6.07, 6.45) is 1.89. The van der Waals surface area contributed by atoms with Gasteiger partial charge < -0.3 is 19.1 Å². The summed E-state index contributed by atoms with van der Waals surface area (Å²) in [6.45, 7) is 1.38. The monoisotopic (exact) mass is 366 g/mol. The number of aromatic nitrogens is 3. The lowest BCUT2D eigenvalue weighted by molar-refractivity contribution is 0.168. The van der Waals surface area contributed by atoms with Crippen LogP contribution >= 0.6 is 0 Å². The summed E-state index contributed by atoms with van der Waals surface area (Å²) in [7, 11) is 0. The van der Waals surface area contributed by atoms with Crippen LogP contribution in [0.25, 0.3) is 11.4 Å². The highest BCUT2D eigenvalue weighted by atomic mass is 16.7. The smallest absolute Gasteiger partial charge is 0.244 e. The summed E-state index contributed by atoms with van der Waals surface area (Å²) >= 11 is 0. The Morgan fingerprint density at radius 1 is 1.15 bits per heavy atom. The number of hydrogen-bond donors (Lipinski definition) is 1. The fourth-order valence-corrected chi connectivity index (χ4v) is 3.53. The average Bonchev–Trinajstić information content (AvgIpc) is 3.41. The van der Waals surface area contributed by atoms with Gasteiger partial charge in [-0.05, 0) is 36.8 Å². The van der Waals surface area contributed by atoms with Crippen molar-refractivity contribution in [1.29, 1.82) is 0 Å². The number of aliphatic hydroxyl groups is 1. The van der Waals surface area contributed by atoms with E-state index in [4.69, 9.17) is 14.0 Å². The first kappa shape index (κ1) is 16.2. The van der Waals surface area contributed by atoms with Gasteiger partial charge in [-0.2, -0.15) is 4.98 Å². The SMILES string of the molecule is O[C@@H]1C[C@@H](c2nc(-c3ccc4c(c3)OCO4)no2)N(Cc2ccccn2)C1. The first-order chi connectivity index (χ1) is 13.3. The molecule has 138 valence electrons. The van der Waals surface area contributed by atoms with E-state index in [1.54, 1.807) is 6.20 Å². The highest BCUT2D eigenvalue weighted by Gasteiger charge is 2.36. The van der Waals surface area contributed by atoms with Crippen LogP contribution in [0.1, 0.15) is 24.0 Å². The van der Waals surface area contributed by atoms with Crippen LogP contribution in [0.5, 0.6) is 11.5 Å². The van der Waals surface area contributed by atoms with Crippen LogP contribution in [0.4, 0.5) is 0 Å². The number of aliphatic hydroxyl groups excluding tert-OH is 1. The number of benzene rings is 1. The van der Waals surface area contributed by atoms with Gasteiger partial charge in [-0.1, -0.05) is 11.2 Å². The Kier molecular flexibility index (Phi) is 3.99. The Labute approximate surface area is 155 Å². The molecule has 2 aliphatic heterocycles. The third-order valence-corrected chi connectivity index (χ3v) is 4.83. The van der Waals surface area contributed by atoms with Crippen LogP contribution < -0.4 is 9.47 Å². The summed E-state index contributed by atoms with van der Waals surface area (Å²) in [4.78, 5) is 11.0. The Morgan fingerprint density at radius 3 is 2.96 bits per heavy atom. The molecular formula is C19H18N4O4. The second kappa shape index (κ2) is 6.64. The van der Waals surface area contributed by atoms with Crippen molar-refractivity contribution in [1.82, 2.24) is 20.0 Å². The topological polar surface area (TPSA) is 93.7 Å². The van der Waals surface area contributed by atoms with Crippen LogP contribution in [-0.2, 0) is 6.54 Å². The maximum absolute atomic E-state index is 10.2. The lowest BCUT2D eigenvalue weighted by Crippen LogP contribution is -2.25. The Hall–Kier alpha value is -2.97. The summed E-state index contributed by atoms with van der Waals surface area (Å²) in [6, 6.07) is 11.2. The Balaban J connectivity index is 1.39. The van der Waals surface area contributed by atoms with E-state index in [1.165, 1.54) is 0 Å². The third kappa shape index (κ3) is 3.13. The van der Waals surface area contributed by atoms with Crippen LogP contribution in [0.3, 0.4) is 0 Å². The van der Waals surface area contributed by atoms with E-state index in [0.717, 1.165) is 11.3 Å². The minimum Gasteiger partial charge on any atom is -0.454 e. The van der Waals surface area contributed by atoms with E-state index < -0.39 is 6.10 Å². The van der Waals surface area contributed by atoms with Gasteiger partial charge in [0.05, 0.1) is 17.8 Å². The summed E-state index contributed by atoms with van der Waals surface area (Å²) in [5, 5.41) is 14.3. The molecule has 0 amide bonds. The molecule has 0 spiro atoms. The first-order valence-electron chi connectivity index (χ1n) is 8.82. The molecule has 3 aromatic rings. The Bertz CT molecular complexity index is 946. The summed E-state index contributed by atoms with van der Waals surface area (Å²) in [5.74, 6) is 2.37. The number of pyridine rings is 1. The van der Waals surface area contributed by atoms with Crippen molar-refractivity contribution in [3.63, 3.8) is 0 Å². The zero-order chi connectivity index (χ0) is 18.2. The van der Waals surface area contributed by atoms with Crippen molar-refractivity contribution in [2.45, 2.75) is 25.1 Å². The maximum atomic E-state index is 10.2. The molecule has 0 saturated carbocycles. The van der Waals surface area contributed by atoms with E-state index in [1.807, 2.05) is 36.4 Å². The van der Waals surface area contributed by atoms with Crippen molar-refractivity contribution in [3.8, 4) is 22.9 Å². The highest BCUT2D eigenvalue weighted by molar-refractivity contribution is 5.61. The number of hydrogen-bond acceptors (Lipinski definition) is 8. The van der Waals surface area contributed by atoms with E-state index in [0.29, 0.717) is 42.7 Å². The molecule has 0 unspecified atom stereocenters. The molecule has 1 saturated heterocycles. The zero-order valence-electron chi connectivity index (χ0n) is 14.5. The molecule has 4 heterocycles. The molecule has 1 N–H and O–H groups in total. The van der Waals surface area contributed by atoms with Gasteiger partial charge in [0.15, 0.2) is 11.5 Å². The molecule has 2 aromatic heterocycles. The van der Waals surface area contributed by atoms with Crippen molar-refractivity contribution < 1.29 is 19.1 Å². The van der Waals surface area contributed by atoms with E-state index in [-0.39, 0.29) is 12.8 Å². The molecule has 0 bridgehead atoms. The summed E-state index contributed by atoms with van der Waals surface area (Å²) < 4.78 is 16.3. The fraction of sp³-hybridized carbons (Fsp3) is 0.316. The van der Waals surface area contributed by atoms with E-state index in [9.17, 15) is 5.11 Å². The highest BCUT2D eigenvalue weighted by Crippen LogP contribution is 2.37. The molecule has 8 nitrogen and oxygen atoms in total. The lowest BCUT2D eigenvalue weighted by Gasteiger charge is -2.20. The van der Waals surface area contributed by atoms with Gasteiger partial charge in [-0.15, -0.1) is 0 Å². The molecule has 2 aliphatic rings. The van der Waals surface area contributed by atoms with Gasteiger partial charge in [-0.25, -0.2) is 0 Å². The third-order valence-electron chi connectivity index (χ3n) is 4.83. The number of nitrogens with zero attached hydrogens (tertiary/aromatic N) is 4. The van der Waals surface area contributed by atoms with Crippen LogP contribution in [-0.4, -0.2) is 44.6 Å². The second-order valence-corrected chi connectivity index (χ2v) is 6.68. The largest absolute Gasteiger partial charge is 0.454 e. The molecule has 2 atom stereocenters. The van der Waals surface area contributed by atoms with Crippen molar-refractivity contribution in [2.75, 3.05) is 13.3 Å². The van der Waals surface area contributed by atoms with E-state index in [2.05, 4.69) is 20.0 Å². The van der Waals surface area contributed by atoms with Gasteiger partial charge in [0.2, 0.25) is 18.5 Å². The van der Waals surface area contributed by atoms with Gasteiger partial charge in [0.25, 0.3) is 0 Å². The van der Waals surface area contributed by atoms with Crippen LogP contribution in [0, 0.1) is 0 Å². The maximum Gasteiger partial charge on any atom is 0.244 e. The number of fused-ring (bicyclic) bond motifs is 1. The van der Waals surface area contributed by atoms with Gasteiger partial charge >= 0.3 is 0 Å². The zero-order valence-corrected chi connectivity index (χ0v) is 14.5. The molecule has 0 radical (unpaired) electrons. The molecule has 27 heavy (non-hydrogen) atoms. The molecule has 1 fully saturated rings. The van der Waals surface area contributed by atoms with E-state index >= 15 is 0 Å². The first-order valence-corrected chi connectivity index (χ1v) is 8.82. The van der Waals surface area contributed by atoms with Crippen LogP contribution in [0.2, 0.25) is 0 Å². The molecule has 8 heteroatoms. The number of β-amino-alcohol motifs (C(OH)–C–C–N with tert-alkyl or cyclic N) is 1. The van der Waals surface area contributed by atoms with Gasteiger partial charge in [0.1, 0.15) is 0 Å². The normalized spacial score (nSPS) is 21.7. The van der Waals surface area contributed by atoms with Crippen molar-refractivity contribution in [3.05, 3.63) is 54.2 Å². The summed E-state index contributed by atoms with van der Waals surface area (Å²) in [5.41, 5.74) is 1.73. The standard InChI is InChI=1S/C19H18N4O4/c24-14-8-15(23(10-14)9-13-3-1-2-6-20-13)19-21-18(22-27-19)12-4-5-16-17(7-12)26-11-25-16/h1-7,14-15,24H,8-11H2/t14-,15+/m1/s1. The van der Waals surface area contributed by atoms with Crippen LogP contribution in [0.15, 0.2) is 47.1 Å². The fourth-order valence-electron chi connectivity index (χ4n) is 3.53. The average molecular weight is 366 g/mol. The quantitative estimate of drug-likeness (QED) is 0.751. The lowest BCUT2D eigenvalue weighted by atomic mass is 10.2. The van der Waals surface area contributed by atoms with Crippen molar-refractivity contribution >= 4 is 0 Å². The molecular weight excluding hydrogens is 348 g/mol. The molecule has 0 aliphatic carbocycles. The van der Waals surface area contributed by atoms with Crippen molar-refractivity contribution in [2.24, 2.45) is 0 Å².